The van der Waals surface area contributed by atoms with E-state index in [2.05, 4.69) is 10.9 Å². The normalized spacial score (nSPS) is 10.4. The number of nitro groups is 1. The third-order valence-corrected chi connectivity index (χ3v) is 3.75. The second-order valence-electron chi connectivity index (χ2n) is 5.38. The highest BCUT2D eigenvalue weighted by Crippen LogP contribution is 2.21. The summed E-state index contributed by atoms with van der Waals surface area (Å²) < 4.78 is 1.78. The first-order valence-electron chi connectivity index (χ1n) is 7.36. The lowest BCUT2D eigenvalue weighted by Crippen LogP contribution is -2.35. The third-order valence-electron chi connectivity index (χ3n) is 3.75. The molecule has 2 N–H and O–H groups in total. The number of rotatable bonds is 5. The first-order valence-corrected chi connectivity index (χ1v) is 7.36. The van der Waals surface area contributed by atoms with E-state index in [9.17, 15) is 19.7 Å². The van der Waals surface area contributed by atoms with Gasteiger partial charge in [-0.15, -0.1) is 0 Å². The van der Waals surface area contributed by atoms with Crippen LogP contribution < -0.4 is 10.9 Å². The minimum Gasteiger partial charge on any atom is -0.350 e. The highest BCUT2D eigenvalue weighted by molar-refractivity contribution is 6.45. The number of fused-ring (bicyclic) bond motifs is 1. The van der Waals surface area contributed by atoms with Gasteiger partial charge in [-0.3, -0.25) is 30.6 Å². The molecule has 2 aromatic carbocycles. The average molecular weight is 338 g/mol. The molecule has 0 aliphatic heterocycles. The molecule has 1 amide bonds. The Kier molecular flexibility index (Phi) is 4.17. The predicted molar refractivity (Wildman–Crippen MR) is 92.1 cm³/mol. The molecule has 3 aromatic rings. The summed E-state index contributed by atoms with van der Waals surface area (Å²) >= 11 is 0. The molecule has 8 nitrogen and oxygen atoms in total. The molecule has 0 fully saturated rings. The Morgan fingerprint density at radius 1 is 1.08 bits per heavy atom. The van der Waals surface area contributed by atoms with Crippen molar-refractivity contribution in [1.82, 2.24) is 9.99 Å². The zero-order valence-corrected chi connectivity index (χ0v) is 13.2. The van der Waals surface area contributed by atoms with Gasteiger partial charge in [0.05, 0.1) is 16.2 Å². The van der Waals surface area contributed by atoms with E-state index in [0.29, 0.717) is 16.6 Å². The van der Waals surface area contributed by atoms with Gasteiger partial charge in [0.2, 0.25) is 0 Å². The Hall–Kier alpha value is -3.68. The summed E-state index contributed by atoms with van der Waals surface area (Å²) in [6, 6.07) is 12.7. The van der Waals surface area contributed by atoms with Crippen LogP contribution >= 0.6 is 0 Å². The van der Waals surface area contributed by atoms with E-state index in [1.54, 1.807) is 29.9 Å². The van der Waals surface area contributed by atoms with E-state index in [1.807, 2.05) is 12.1 Å². The molecule has 0 radical (unpaired) electrons. The number of carbonyl (C=O) groups excluding carboxylic acids is 2. The third kappa shape index (κ3) is 3.18. The van der Waals surface area contributed by atoms with Crippen LogP contribution in [0.3, 0.4) is 0 Å². The van der Waals surface area contributed by atoms with Crippen LogP contribution in [0.1, 0.15) is 10.4 Å². The van der Waals surface area contributed by atoms with E-state index >= 15 is 0 Å². The van der Waals surface area contributed by atoms with Crippen molar-refractivity contribution >= 4 is 34.0 Å². The molecule has 1 aromatic heterocycles. The second kappa shape index (κ2) is 6.44. The van der Waals surface area contributed by atoms with Crippen LogP contribution in [0.2, 0.25) is 0 Å². The summed E-state index contributed by atoms with van der Waals surface area (Å²) in [6.45, 7) is 0. The Morgan fingerprint density at radius 3 is 2.44 bits per heavy atom. The fourth-order valence-corrected chi connectivity index (χ4v) is 2.50. The van der Waals surface area contributed by atoms with Gasteiger partial charge >= 0.3 is 5.91 Å². The number of amides is 1. The molecule has 0 aliphatic rings. The van der Waals surface area contributed by atoms with Gasteiger partial charge in [-0.1, -0.05) is 18.2 Å². The number of aromatic nitrogens is 1. The van der Waals surface area contributed by atoms with Crippen LogP contribution in [0, 0.1) is 10.1 Å². The molecular weight excluding hydrogens is 324 g/mol. The number of anilines is 1. The largest absolute Gasteiger partial charge is 0.350 e. The highest BCUT2D eigenvalue weighted by Gasteiger charge is 2.20. The number of para-hydroxylation sites is 1. The van der Waals surface area contributed by atoms with Crippen molar-refractivity contribution in [2.45, 2.75) is 0 Å². The summed E-state index contributed by atoms with van der Waals surface area (Å²) in [6.07, 6.45) is 1.61. The van der Waals surface area contributed by atoms with Crippen molar-refractivity contribution in [3.63, 3.8) is 0 Å². The van der Waals surface area contributed by atoms with Gasteiger partial charge in [-0.25, -0.2) is 0 Å². The molecule has 0 saturated heterocycles. The highest BCUT2D eigenvalue weighted by atomic mass is 16.6. The van der Waals surface area contributed by atoms with Gasteiger partial charge in [0.25, 0.3) is 11.5 Å². The number of ketones is 1. The molecule has 0 bridgehead atoms. The first kappa shape index (κ1) is 16.2. The van der Waals surface area contributed by atoms with Gasteiger partial charge < -0.3 is 4.57 Å². The van der Waals surface area contributed by atoms with Gasteiger partial charge in [0, 0.05) is 36.3 Å². The molecule has 0 spiro atoms. The maximum Gasteiger partial charge on any atom is 0.310 e. The smallest absolute Gasteiger partial charge is 0.310 e. The van der Waals surface area contributed by atoms with Crippen molar-refractivity contribution in [1.29, 1.82) is 0 Å². The Morgan fingerprint density at radius 2 is 1.76 bits per heavy atom. The van der Waals surface area contributed by atoms with Crippen LogP contribution in [-0.2, 0) is 11.8 Å². The maximum atomic E-state index is 12.4. The number of hydrazine groups is 1. The predicted octanol–water partition coefficient (Wildman–Crippen LogP) is 2.41. The van der Waals surface area contributed by atoms with Crippen LogP contribution in [0.5, 0.6) is 0 Å². The zero-order valence-electron chi connectivity index (χ0n) is 13.2. The number of Topliss-reactive ketones (excluding diaryl/α,β-unsaturated/α-hetero) is 1. The van der Waals surface area contributed by atoms with Crippen molar-refractivity contribution in [2.24, 2.45) is 7.05 Å². The van der Waals surface area contributed by atoms with Gasteiger partial charge in [0.1, 0.15) is 0 Å². The molecule has 3 rings (SSSR count). The topological polar surface area (TPSA) is 106 Å². The molecule has 8 heteroatoms. The lowest BCUT2D eigenvalue weighted by Gasteiger charge is -2.07. The lowest BCUT2D eigenvalue weighted by atomic mass is 10.1. The van der Waals surface area contributed by atoms with Gasteiger partial charge in [-0.2, -0.15) is 0 Å². The monoisotopic (exact) mass is 338 g/mol. The SMILES string of the molecule is Cn1cc(C(=O)C(=O)NNc2ccc([N+](=O)[O-])cc2)c2ccccc21. The second-order valence-corrected chi connectivity index (χ2v) is 5.38. The van der Waals surface area contributed by atoms with Crippen molar-refractivity contribution in [2.75, 3.05) is 5.43 Å². The minimum atomic E-state index is -0.824. The fourth-order valence-electron chi connectivity index (χ4n) is 2.50. The maximum absolute atomic E-state index is 12.4. The number of hydrogen-bond donors (Lipinski definition) is 2. The fraction of sp³-hybridized carbons (Fsp3) is 0.0588. The zero-order chi connectivity index (χ0) is 18.0. The first-order chi connectivity index (χ1) is 12.0. The number of nitro benzene ring substituents is 1. The van der Waals surface area contributed by atoms with E-state index in [4.69, 9.17) is 0 Å². The Labute approximate surface area is 142 Å². The van der Waals surface area contributed by atoms with Crippen LogP contribution in [0.15, 0.2) is 54.7 Å². The molecule has 0 saturated carbocycles. The Bertz CT molecular complexity index is 976. The molecule has 126 valence electrons. The number of aryl methyl sites for hydroxylation is 1. The van der Waals surface area contributed by atoms with E-state index in [-0.39, 0.29) is 5.69 Å². The number of benzene rings is 2. The summed E-state index contributed by atoms with van der Waals surface area (Å²) in [5.74, 6) is -1.50. The lowest BCUT2D eigenvalue weighted by molar-refractivity contribution is -0.384. The summed E-state index contributed by atoms with van der Waals surface area (Å²) in [4.78, 5) is 34.6. The van der Waals surface area contributed by atoms with Gasteiger partial charge in [-0.05, 0) is 18.2 Å². The van der Waals surface area contributed by atoms with Crippen molar-refractivity contribution in [3.05, 3.63) is 70.4 Å². The molecule has 1 heterocycles. The molecule has 0 unspecified atom stereocenters. The number of nitrogens with one attached hydrogen (secondary N) is 2. The molecular formula is C17H14N4O4. The van der Waals surface area contributed by atoms with Crippen LogP contribution in [0.4, 0.5) is 11.4 Å². The van der Waals surface area contributed by atoms with Crippen molar-refractivity contribution < 1.29 is 14.5 Å². The van der Waals surface area contributed by atoms with E-state index < -0.39 is 16.6 Å². The number of non-ortho nitro benzene ring substituents is 1. The molecule has 0 atom stereocenters. The van der Waals surface area contributed by atoms with Crippen LogP contribution in [-0.4, -0.2) is 21.2 Å². The number of nitrogens with zero attached hydrogens (tertiary/aromatic N) is 2. The van der Waals surface area contributed by atoms with E-state index in [1.165, 1.54) is 24.3 Å². The summed E-state index contributed by atoms with van der Waals surface area (Å²) in [7, 11) is 1.80. The standard InChI is InChI=1S/C17H14N4O4/c1-20-10-14(13-4-2-3-5-15(13)20)16(22)17(23)19-18-11-6-8-12(9-7-11)21(24)25/h2-10,18H,1H3,(H,19,23). The molecule has 25 heavy (non-hydrogen) atoms. The number of carbonyl (C=O) groups is 2. The Balaban J connectivity index is 1.72. The molecule has 0 aliphatic carbocycles. The summed E-state index contributed by atoms with van der Waals surface area (Å²) in [5.41, 5.74) is 6.38. The van der Waals surface area contributed by atoms with Gasteiger partial charge in [0.15, 0.2) is 0 Å². The van der Waals surface area contributed by atoms with Crippen LogP contribution in [0.25, 0.3) is 10.9 Å². The summed E-state index contributed by atoms with van der Waals surface area (Å²) in [5, 5.41) is 11.3. The van der Waals surface area contributed by atoms with Crippen molar-refractivity contribution in [3.8, 4) is 0 Å². The quantitative estimate of drug-likeness (QED) is 0.322. The minimum absolute atomic E-state index is 0.0660. The average Bonchev–Trinajstić information content (AvgIpc) is 2.96. The van der Waals surface area contributed by atoms with E-state index in [0.717, 1.165) is 5.52 Å². The number of hydrogen-bond acceptors (Lipinski definition) is 5.